The molecule has 1 aromatic carbocycles. The normalized spacial score (nSPS) is 22.3. The van der Waals surface area contributed by atoms with Crippen molar-refractivity contribution in [2.24, 2.45) is 0 Å². The standard InChI is InChI=1S/C23H26ClNO5/c24-17-5-4-15-7-20(13-27)30-14-16-11-25(23(28)10-22(16)21(15)8-17)18(12-26)9-19-3-1-2-6-29-19/h4-5,8,10-12,18-20,27H,1-3,6-7,9,13-14H2. The summed E-state index contributed by atoms with van der Waals surface area (Å²) in [7, 11) is 0. The SMILES string of the molecule is O=CC(CC1CCCCO1)n1cc2c(cc1=O)-c1cc(Cl)ccc1CC(CO)OC2. The van der Waals surface area contributed by atoms with Gasteiger partial charge in [0.1, 0.15) is 6.29 Å². The average Bonchev–Trinajstić information content (AvgIpc) is 2.76. The number of hydrogen-bond donors (Lipinski definition) is 1. The van der Waals surface area contributed by atoms with Crippen molar-refractivity contribution in [1.82, 2.24) is 4.57 Å². The molecule has 1 saturated heterocycles. The molecule has 2 aromatic rings. The molecule has 1 fully saturated rings. The Morgan fingerprint density at radius 2 is 2.00 bits per heavy atom. The first-order chi connectivity index (χ1) is 14.6. The molecular weight excluding hydrogens is 406 g/mol. The lowest BCUT2D eigenvalue weighted by Gasteiger charge is -2.27. The van der Waals surface area contributed by atoms with Crippen molar-refractivity contribution in [3.8, 4) is 11.1 Å². The number of fused-ring (bicyclic) bond motifs is 3. The molecule has 4 rings (SSSR count). The molecule has 2 aliphatic rings. The first-order valence-electron chi connectivity index (χ1n) is 10.4. The minimum Gasteiger partial charge on any atom is -0.394 e. The van der Waals surface area contributed by atoms with E-state index in [2.05, 4.69) is 0 Å². The topological polar surface area (TPSA) is 77.8 Å². The molecule has 1 N–H and O–H groups in total. The van der Waals surface area contributed by atoms with Crippen molar-refractivity contribution in [1.29, 1.82) is 0 Å². The van der Waals surface area contributed by atoms with Crippen LogP contribution in [0.15, 0.2) is 35.3 Å². The second-order valence-electron chi connectivity index (χ2n) is 8.01. The number of aromatic nitrogens is 1. The molecule has 1 aromatic heterocycles. The second-order valence-corrected chi connectivity index (χ2v) is 8.44. The van der Waals surface area contributed by atoms with Crippen molar-refractivity contribution >= 4 is 17.9 Å². The van der Waals surface area contributed by atoms with Crippen LogP contribution >= 0.6 is 11.6 Å². The minimum atomic E-state index is -0.594. The third-order valence-electron chi connectivity index (χ3n) is 5.94. The quantitative estimate of drug-likeness (QED) is 0.735. The summed E-state index contributed by atoms with van der Waals surface area (Å²) in [5.74, 6) is 0. The van der Waals surface area contributed by atoms with Crippen LogP contribution in [0.2, 0.25) is 5.02 Å². The Labute approximate surface area is 180 Å². The first-order valence-corrected chi connectivity index (χ1v) is 10.8. The van der Waals surface area contributed by atoms with Gasteiger partial charge in [-0.2, -0.15) is 0 Å². The lowest BCUT2D eigenvalue weighted by atomic mass is 9.92. The van der Waals surface area contributed by atoms with Gasteiger partial charge in [-0.1, -0.05) is 17.7 Å². The maximum atomic E-state index is 13.0. The molecule has 3 heterocycles. The molecule has 7 heteroatoms. The molecule has 30 heavy (non-hydrogen) atoms. The maximum Gasteiger partial charge on any atom is 0.251 e. The Kier molecular flexibility index (Phi) is 6.68. The van der Waals surface area contributed by atoms with Crippen LogP contribution in [0.5, 0.6) is 0 Å². The van der Waals surface area contributed by atoms with Crippen LogP contribution in [0.4, 0.5) is 0 Å². The van der Waals surface area contributed by atoms with Crippen molar-refractivity contribution in [3.63, 3.8) is 0 Å². The molecule has 0 radical (unpaired) electrons. The summed E-state index contributed by atoms with van der Waals surface area (Å²) >= 11 is 6.24. The smallest absolute Gasteiger partial charge is 0.251 e. The van der Waals surface area contributed by atoms with Crippen LogP contribution in [-0.4, -0.2) is 41.4 Å². The number of ether oxygens (including phenoxy) is 2. The summed E-state index contributed by atoms with van der Waals surface area (Å²) in [4.78, 5) is 24.9. The van der Waals surface area contributed by atoms with Crippen LogP contribution < -0.4 is 5.56 Å². The van der Waals surface area contributed by atoms with Gasteiger partial charge in [0.25, 0.3) is 5.56 Å². The second kappa shape index (κ2) is 9.43. The number of halogens is 1. The third kappa shape index (κ3) is 4.52. The van der Waals surface area contributed by atoms with E-state index in [0.717, 1.165) is 47.8 Å². The molecule has 0 amide bonds. The third-order valence-corrected chi connectivity index (χ3v) is 6.18. The number of nitrogens with zero attached hydrogens (tertiary/aromatic N) is 1. The zero-order valence-electron chi connectivity index (χ0n) is 16.8. The molecule has 6 nitrogen and oxygen atoms in total. The highest BCUT2D eigenvalue weighted by atomic mass is 35.5. The van der Waals surface area contributed by atoms with Crippen LogP contribution in [0.3, 0.4) is 0 Å². The van der Waals surface area contributed by atoms with E-state index in [-0.39, 0.29) is 31.0 Å². The Morgan fingerprint density at radius 3 is 2.73 bits per heavy atom. The number of benzene rings is 1. The van der Waals surface area contributed by atoms with E-state index in [1.54, 1.807) is 18.3 Å². The van der Waals surface area contributed by atoms with E-state index in [0.29, 0.717) is 24.5 Å². The summed E-state index contributed by atoms with van der Waals surface area (Å²) in [6, 6.07) is 6.50. The predicted molar refractivity (Wildman–Crippen MR) is 114 cm³/mol. The number of carbonyl (C=O) groups is 1. The van der Waals surface area contributed by atoms with E-state index in [1.807, 2.05) is 12.1 Å². The lowest BCUT2D eigenvalue weighted by Crippen LogP contribution is -2.31. The largest absolute Gasteiger partial charge is 0.394 e. The summed E-state index contributed by atoms with van der Waals surface area (Å²) in [5, 5.41) is 10.3. The highest BCUT2D eigenvalue weighted by Gasteiger charge is 2.24. The van der Waals surface area contributed by atoms with E-state index in [9.17, 15) is 14.7 Å². The predicted octanol–water partition coefficient (Wildman–Crippen LogP) is 3.30. The van der Waals surface area contributed by atoms with Crippen LogP contribution in [-0.2, 0) is 27.3 Å². The zero-order valence-corrected chi connectivity index (χ0v) is 17.5. The van der Waals surface area contributed by atoms with Gasteiger partial charge in [-0.15, -0.1) is 0 Å². The lowest BCUT2D eigenvalue weighted by molar-refractivity contribution is -0.112. The van der Waals surface area contributed by atoms with Crippen molar-refractivity contribution in [2.45, 2.75) is 57.0 Å². The molecule has 2 aliphatic heterocycles. The maximum absolute atomic E-state index is 13.0. The van der Waals surface area contributed by atoms with E-state index in [4.69, 9.17) is 21.1 Å². The molecule has 0 spiro atoms. The van der Waals surface area contributed by atoms with Crippen LogP contribution in [0.1, 0.15) is 42.9 Å². The van der Waals surface area contributed by atoms with Gasteiger partial charge in [0.15, 0.2) is 0 Å². The van der Waals surface area contributed by atoms with Crippen LogP contribution in [0.25, 0.3) is 11.1 Å². The number of carbonyl (C=O) groups excluding carboxylic acids is 1. The van der Waals surface area contributed by atoms with Gasteiger partial charge in [0, 0.05) is 42.3 Å². The van der Waals surface area contributed by atoms with Crippen molar-refractivity contribution < 1.29 is 19.4 Å². The van der Waals surface area contributed by atoms with Crippen molar-refractivity contribution in [3.05, 3.63) is 57.0 Å². The van der Waals surface area contributed by atoms with E-state index in [1.165, 1.54) is 4.57 Å². The van der Waals surface area contributed by atoms with Gasteiger partial charge in [-0.25, -0.2) is 0 Å². The fourth-order valence-electron chi connectivity index (χ4n) is 4.32. The number of rotatable bonds is 5. The fourth-order valence-corrected chi connectivity index (χ4v) is 4.49. The number of aldehydes is 1. The molecule has 0 saturated carbocycles. The van der Waals surface area contributed by atoms with E-state index < -0.39 is 6.04 Å². The molecular formula is C23H26ClNO5. The van der Waals surface area contributed by atoms with Gasteiger partial charge in [-0.05, 0) is 48.1 Å². The monoisotopic (exact) mass is 431 g/mol. The Balaban J connectivity index is 1.74. The highest BCUT2D eigenvalue weighted by Crippen LogP contribution is 2.33. The number of aliphatic hydroxyl groups excluding tert-OH is 1. The Bertz CT molecular complexity index is 967. The van der Waals surface area contributed by atoms with Gasteiger partial charge >= 0.3 is 0 Å². The average molecular weight is 432 g/mol. The molecule has 3 atom stereocenters. The fraction of sp³-hybridized carbons (Fsp3) is 0.478. The number of aliphatic hydroxyl groups is 1. The van der Waals surface area contributed by atoms with Crippen LogP contribution in [0, 0.1) is 0 Å². The summed E-state index contributed by atoms with van der Waals surface area (Å²) in [6.07, 6.45) is 6.17. The number of pyridine rings is 1. The van der Waals surface area contributed by atoms with Gasteiger partial charge in [0.2, 0.25) is 0 Å². The summed E-state index contributed by atoms with van der Waals surface area (Å²) in [6.45, 7) is 0.828. The zero-order chi connectivity index (χ0) is 21.1. The van der Waals surface area contributed by atoms with Gasteiger partial charge < -0.3 is 23.9 Å². The summed E-state index contributed by atoms with van der Waals surface area (Å²) in [5.41, 5.74) is 3.11. The number of hydrogen-bond acceptors (Lipinski definition) is 5. The van der Waals surface area contributed by atoms with Gasteiger partial charge in [0.05, 0.1) is 31.5 Å². The van der Waals surface area contributed by atoms with Gasteiger partial charge in [-0.3, -0.25) is 4.79 Å². The minimum absolute atomic E-state index is 0.0163. The van der Waals surface area contributed by atoms with Crippen molar-refractivity contribution in [2.75, 3.05) is 13.2 Å². The first kappa shape index (κ1) is 21.2. The Hall–Kier alpha value is -1.99. The highest BCUT2D eigenvalue weighted by molar-refractivity contribution is 6.30. The molecule has 0 bridgehead atoms. The summed E-state index contributed by atoms with van der Waals surface area (Å²) < 4.78 is 13.1. The Morgan fingerprint density at radius 1 is 1.17 bits per heavy atom. The van der Waals surface area contributed by atoms with E-state index >= 15 is 0 Å². The molecule has 0 aliphatic carbocycles. The molecule has 3 unspecified atom stereocenters. The molecule has 160 valence electrons.